The Labute approximate surface area is 140 Å². The maximum Gasteiger partial charge on any atom is 0.291 e. The predicted molar refractivity (Wildman–Crippen MR) is 81.2 cm³/mol. The first-order chi connectivity index (χ1) is 12.2. The summed E-state index contributed by atoms with van der Waals surface area (Å²) in [7, 11) is 0. The van der Waals surface area contributed by atoms with Gasteiger partial charge in [-0.05, 0) is 12.5 Å². The molecule has 128 valence electrons. The zero-order valence-corrected chi connectivity index (χ0v) is 13.0. The smallest absolute Gasteiger partial charge is 0.291 e. The van der Waals surface area contributed by atoms with Crippen molar-refractivity contribution < 1.29 is 14.1 Å². The largest absolute Gasteiger partial charge is 0.356 e. The van der Waals surface area contributed by atoms with Crippen molar-refractivity contribution in [1.82, 2.24) is 40.4 Å². The quantitative estimate of drug-likeness (QED) is 0.642. The molecule has 1 atom stereocenters. The van der Waals surface area contributed by atoms with E-state index in [2.05, 4.69) is 35.8 Å². The highest BCUT2D eigenvalue weighted by Crippen LogP contribution is 2.22. The number of hydrogen-bond donors (Lipinski definition) is 2. The molecule has 1 saturated heterocycles. The lowest BCUT2D eigenvalue weighted by molar-refractivity contribution is -0.122. The number of aromatic nitrogens is 6. The molecule has 0 spiro atoms. The fraction of sp³-hybridized carbons (Fsp3) is 0.357. The Kier molecular flexibility index (Phi) is 3.80. The van der Waals surface area contributed by atoms with Crippen LogP contribution in [-0.4, -0.2) is 48.1 Å². The summed E-state index contributed by atoms with van der Waals surface area (Å²) in [4.78, 5) is 35.8. The third-order valence-electron chi connectivity index (χ3n) is 3.82. The second-order valence-electron chi connectivity index (χ2n) is 5.57. The van der Waals surface area contributed by atoms with E-state index < -0.39 is 5.91 Å². The highest BCUT2D eigenvalue weighted by atomic mass is 16.5. The molecule has 3 aromatic rings. The van der Waals surface area contributed by atoms with Crippen LogP contribution in [0.15, 0.2) is 23.0 Å². The van der Waals surface area contributed by atoms with Gasteiger partial charge in [-0.2, -0.15) is 9.97 Å². The van der Waals surface area contributed by atoms with E-state index in [4.69, 9.17) is 4.52 Å². The molecule has 4 rings (SSSR count). The van der Waals surface area contributed by atoms with Crippen LogP contribution in [0.2, 0.25) is 0 Å². The van der Waals surface area contributed by atoms with E-state index in [0.29, 0.717) is 24.6 Å². The van der Waals surface area contributed by atoms with Gasteiger partial charge in [-0.25, -0.2) is 9.50 Å². The molecule has 25 heavy (non-hydrogen) atoms. The normalized spacial score (nSPS) is 17.4. The van der Waals surface area contributed by atoms with Gasteiger partial charge in [-0.15, -0.1) is 5.10 Å². The third-order valence-corrected chi connectivity index (χ3v) is 3.82. The van der Waals surface area contributed by atoms with Crippen molar-refractivity contribution in [3.05, 3.63) is 36.0 Å². The highest BCUT2D eigenvalue weighted by molar-refractivity contribution is 5.90. The van der Waals surface area contributed by atoms with E-state index in [-0.39, 0.29) is 30.1 Å². The monoisotopic (exact) mass is 342 g/mol. The van der Waals surface area contributed by atoms with Crippen molar-refractivity contribution in [3.8, 4) is 0 Å². The molecule has 1 fully saturated rings. The van der Waals surface area contributed by atoms with E-state index in [9.17, 15) is 9.59 Å². The molecule has 1 aliphatic heterocycles. The van der Waals surface area contributed by atoms with Crippen molar-refractivity contribution in [2.45, 2.75) is 25.3 Å². The maximum absolute atomic E-state index is 12.1. The summed E-state index contributed by atoms with van der Waals surface area (Å²) < 4.78 is 6.54. The van der Waals surface area contributed by atoms with Crippen molar-refractivity contribution >= 4 is 17.6 Å². The number of fused-ring (bicyclic) bond motifs is 1. The van der Waals surface area contributed by atoms with Gasteiger partial charge >= 0.3 is 0 Å². The third kappa shape index (κ3) is 3.16. The molecule has 3 aromatic heterocycles. The second-order valence-corrected chi connectivity index (χ2v) is 5.57. The van der Waals surface area contributed by atoms with Gasteiger partial charge in [0, 0.05) is 31.3 Å². The number of carbonyl (C=O) groups excluding carboxylic acids is 2. The summed E-state index contributed by atoms with van der Waals surface area (Å²) >= 11 is 0. The Hall–Kier alpha value is -3.37. The van der Waals surface area contributed by atoms with E-state index >= 15 is 0 Å². The van der Waals surface area contributed by atoms with Crippen LogP contribution in [0.1, 0.15) is 41.1 Å². The van der Waals surface area contributed by atoms with Crippen LogP contribution in [0.5, 0.6) is 0 Å². The topological polar surface area (TPSA) is 140 Å². The maximum atomic E-state index is 12.1. The molecule has 0 aliphatic carbocycles. The predicted octanol–water partition coefficient (Wildman–Crippen LogP) is -0.569. The van der Waals surface area contributed by atoms with Crippen molar-refractivity contribution in [2.75, 3.05) is 6.54 Å². The number of hydrogen-bond acceptors (Lipinski definition) is 8. The molecule has 1 unspecified atom stereocenters. The Morgan fingerprint density at radius 3 is 3.20 bits per heavy atom. The van der Waals surface area contributed by atoms with Crippen LogP contribution in [0.25, 0.3) is 5.78 Å². The van der Waals surface area contributed by atoms with E-state index in [1.165, 1.54) is 4.52 Å². The first-order valence-corrected chi connectivity index (χ1v) is 7.74. The van der Waals surface area contributed by atoms with Gasteiger partial charge in [-0.1, -0.05) is 5.16 Å². The van der Waals surface area contributed by atoms with Crippen molar-refractivity contribution in [2.24, 2.45) is 0 Å². The fourth-order valence-electron chi connectivity index (χ4n) is 2.57. The van der Waals surface area contributed by atoms with Gasteiger partial charge in [0.2, 0.25) is 17.6 Å². The summed E-state index contributed by atoms with van der Waals surface area (Å²) in [5.74, 6) is 0.522. The minimum absolute atomic E-state index is 0.00221. The first kappa shape index (κ1) is 15.2. The summed E-state index contributed by atoms with van der Waals surface area (Å²) in [5, 5.41) is 13.3. The highest BCUT2D eigenvalue weighted by Gasteiger charge is 2.25. The molecular formula is C14H14N8O3. The average molecular weight is 342 g/mol. The lowest BCUT2D eigenvalue weighted by atomic mass is 9.97. The summed E-state index contributed by atoms with van der Waals surface area (Å²) in [6, 6.07) is 1.69. The van der Waals surface area contributed by atoms with Crippen LogP contribution in [-0.2, 0) is 11.3 Å². The first-order valence-electron chi connectivity index (χ1n) is 7.74. The molecule has 0 radical (unpaired) electrons. The summed E-state index contributed by atoms with van der Waals surface area (Å²) in [6.07, 6.45) is 4.31. The summed E-state index contributed by atoms with van der Waals surface area (Å²) in [6.45, 7) is 0.644. The van der Waals surface area contributed by atoms with Crippen LogP contribution in [0.3, 0.4) is 0 Å². The van der Waals surface area contributed by atoms with Crippen LogP contribution >= 0.6 is 0 Å². The molecule has 11 heteroatoms. The molecule has 2 N–H and O–H groups in total. The molecule has 1 aliphatic rings. The zero-order chi connectivity index (χ0) is 17.2. The molecule has 0 bridgehead atoms. The second kappa shape index (κ2) is 6.26. The SMILES string of the molecule is O=C1CC(c2noc(CNC(=O)c3nc4ncccn4n3)n2)CCN1. The van der Waals surface area contributed by atoms with Gasteiger partial charge in [-0.3, -0.25) is 9.59 Å². The fourth-order valence-corrected chi connectivity index (χ4v) is 2.57. The Balaban J connectivity index is 1.39. The number of rotatable bonds is 4. The van der Waals surface area contributed by atoms with Crippen LogP contribution in [0.4, 0.5) is 0 Å². The Morgan fingerprint density at radius 1 is 1.44 bits per heavy atom. The van der Waals surface area contributed by atoms with Crippen LogP contribution < -0.4 is 10.6 Å². The van der Waals surface area contributed by atoms with Crippen LogP contribution in [0, 0.1) is 0 Å². The Bertz CT molecular complexity index is 900. The van der Waals surface area contributed by atoms with Gasteiger partial charge < -0.3 is 15.2 Å². The van der Waals surface area contributed by atoms with Crippen molar-refractivity contribution in [3.63, 3.8) is 0 Å². The molecule has 4 heterocycles. The van der Waals surface area contributed by atoms with Gasteiger partial charge in [0.15, 0.2) is 5.82 Å². The lowest BCUT2D eigenvalue weighted by Gasteiger charge is -2.18. The van der Waals surface area contributed by atoms with Gasteiger partial charge in [0.25, 0.3) is 11.7 Å². The van der Waals surface area contributed by atoms with Gasteiger partial charge in [0.05, 0.1) is 6.54 Å². The lowest BCUT2D eigenvalue weighted by Crippen LogP contribution is -2.32. The molecule has 2 amide bonds. The molecular weight excluding hydrogens is 328 g/mol. The molecule has 0 aromatic carbocycles. The van der Waals surface area contributed by atoms with Crippen molar-refractivity contribution in [1.29, 1.82) is 0 Å². The average Bonchev–Trinajstić information content (AvgIpc) is 3.26. The number of nitrogens with zero attached hydrogens (tertiary/aromatic N) is 6. The number of nitrogens with one attached hydrogen (secondary N) is 2. The minimum atomic E-state index is -0.470. The Morgan fingerprint density at radius 2 is 2.36 bits per heavy atom. The number of piperidine rings is 1. The summed E-state index contributed by atoms with van der Waals surface area (Å²) in [5.41, 5.74) is 0. The molecule has 11 nitrogen and oxygen atoms in total. The number of carbonyl (C=O) groups is 2. The number of amides is 2. The molecule has 0 saturated carbocycles. The zero-order valence-electron chi connectivity index (χ0n) is 13.0. The van der Waals surface area contributed by atoms with E-state index in [1.54, 1.807) is 18.5 Å². The van der Waals surface area contributed by atoms with Gasteiger partial charge in [0.1, 0.15) is 0 Å². The van der Waals surface area contributed by atoms with E-state index in [1.807, 2.05) is 0 Å². The standard InChI is InChI=1S/C14H14N8O3/c23-9-6-8(2-4-15-9)11-18-10(25-21-11)7-17-13(24)12-19-14-16-3-1-5-22(14)20-12/h1,3,5,8H,2,4,6-7H2,(H,15,23)(H,17,24). The minimum Gasteiger partial charge on any atom is -0.356 e. The van der Waals surface area contributed by atoms with E-state index in [0.717, 1.165) is 6.42 Å².